The van der Waals surface area contributed by atoms with Crippen molar-refractivity contribution in [1.82, 2.24) is 0 Å². The molecule has 0 unspecified atom stereocenters. The number of hydrogen-bond donors (Lipinski definition) is 1. The lowest BCUT2D eigenvalue weighted by molar-refractivity contribution is -0.119. The summed E-state index contributed by atoms with van der Waals surface area (Å²) < 4.78 is 4.97. The zero-order valence-corrected chi connectivity index (χ0v) is 14.7. The van der Waals surface area contributed by atoms with Gasteiger partial charge >= 0.3 is 5.97 Å². The molecule has 0 bridgehead atoms. The number of benzene rings is 2. The molecule has 0 radical (unpaired) electrons. The number of nitrogens with zero attached hydrogens (tertiary/aromatic N) is 1. The van der Waals surface area contributed by atoms with Crippen LogP contribution in [0.5, 0.6) is 0 Å². The lowest BCUT2D eigenvalue weighted by Gasteiger charge is -2.16. The van der Waals surface area contributed by atoms with Crippen LogP contribution in [-0.2, 0) is 14.3 Å². The van der Waals surface area contributed by atoms with E-state index in [1.54, 1.807) is 47.4 Å². The van der Waals surface area contributed by atoms with Crippen molar-refractivity contribution in [2.24, 2.45) is 0 Å². The minimum atomic E-state index is -0.620. The van der Waals surface area contributed by atoms with Gasteiger partial charge in [0.05, 0.1) is 5.56 Å². The van der Waals surface area contributed by atoms with Gasteiger partial charge in [-0.2, -0.15) is 0 Å². The molecule has 0 aromatic heterocycles. The SMILES string of the molecule is O=C(COC(=O)c1cccc(Cl)c1)Nc1ccc(N2CCCC2=O)cc1. The highest BCUT2D eigenvalue weighted by Crippen LogP contribution is 2.23. The Kier molecular flexibility index (Phi) is 5.53. The van der Waals surface area contributed by atoms with Gasteiger partial charge in [-0.1, -0.05) is 17.7 Å². The first kappa shape index (κ1) is 17.9. The maximum absolute atomic E-state index is 11.9. The molecule has 2 aromatic rings. The van der Waals surface area contributed by atoms with Gasteiger partial charge in [-0.15, -0.1) is 0 Å². The van der Waals surface area contributed by atoms with Crippen molar-refractivity contribution in [3.63, 3.8) is 0 Å². The van der Waals surface area contributed by atoms with Crippen molar-refractivity contribution in [3.8, 4) is 0 Å². The van der Waals surface area contributed by atoms with Gasteiger partial charge in [-0.05, 0) is 48.9 Å². The highest BCUT2D eigenvalue weighted by molar-refractivity contribution is 6.30. The third-order valence-electron chi connectivity index (χ3n) is 3.93. The van der Waals surface area contributed by atoms with Gasteiger partial charge < -0.3 is 15.0 Å². The minimum absolute atomic E-state index is 0.106. The molecule has 1 fully saturated rings. The lowest BCUT2D eigenvalue weighted by atomic mass is 10.2. The molecule has 1 saturated heterocycles. The molecule has 3 rings (SSSR count). The van der Waals surface area contributed by atoms with E-state index in [2.05, 4.69) is 5.32 Å². The molecule has 0 aliphatic carbocycles. The average Bonchev–Trinajstić information content (AvgIpc) is 3.06. The zero-order chi connectivity index (χ0) is 18.5. The molecule has 0 atom stereocenters. The average molecular weight is 373 g/mol. The van der Waals surface area contributed by atoms with Crippen molar-refractivity contribution in [2.45, 2.75) is 12.8 Å². The first-order valence-electron chi connectivity index (χ1n) is 8.16. The van der Waals surface area contributed by atoms with Gasteiger partial charge in [0.2, 0.25) is 5.91 Å². The summed E-state index contributed by atoms with van der Waals surface area (Å²) in [4.78, 5) is 37.3. The molecule has 6 nitrogen and oxygen atoms in total. The Hall–Kier alpha value is -2.86. The van der Waals surface area contributed by atoms with Crippen LogP contribution in [-0.4, -0.2) is 30.9 Å². The molecule has 1 aliphatic heterocycles. The van der Waals surface area contributed by atoms with E-state index < -0.39 is 18.5 Å². The molecule has 1 N–H and O–H groups in total. The van der Waals surface area contributed by atoms with Crippen molar-refractivity contribution >= 4 is 40.8 Å². The molecule has 2 amide bonds. The number of rotatable bonds is 5. The molecule has 0 spiro atoms. The zero-order valence-electron chi connectivity index (χ0n) is 13.9. The summed E-state index contributed by atoms with van der Waals surface area (Å²) in [5.74, 6) is -0.967. The lowest BCUT2D eigenvalue weighted by Crippen LogP contribution is -2.23. The number of carbonyl (C=O) groups is 3. The number of halogens is 1. The molecule has 134 valence electrons. The van der Waals surface area contributed by atoms with E-state index in [1.165, 1.54) is 6.07 Å². The van der Waals surface area contributed by atoms with E-state index in [1.807, 2.05) is 0 Å². The van der Waals surface area contributed by atoms with Crippen molar-refractivity contribution < 1.29 is 19.1 Å². The maximum atomic E-state index is 11.9. The molecule has 0 saturated carbocycles. The van der Waals surface area contributed by atoms with Crippen molar-refractivity contribution in [1.29, 1.82) is 0 Å². The predicted molar refractivity (Wildman–Crippen MR) is 98.4 cm³/mol. The summed E-state index contributed by atoms with van der Waals surface area (Å²) in [6.07, 6.45) is 1.42. The van der Waals surface area contributed by atoms with E-state index in [9.17, 15) is 14.4 Å². The van der Waals surface area contributed by atoms with E-state index in [4.69, 9.17) is 16.3 Å². The summed E-state index contributed by atoms with van der Waals surface area (Å²) in [5.41, 5.74) is 1.65. The minimum Gasteiger partial charge on any atom is -0.452 e. The normalized spacial score (nSPS) is 13.6. The van der Waals surface area contributed by atoms with Gasteiger partial charge in [-0.3, -0.25) is 9.59 Å². The first-order valence-corrected chi connectivity index (χ1v) is 8.54. The molecule has 1 heterocycles. The molecule has 7 heteroatoms. The van der Waals surface area contributed by atoms with Gasteiger partial charge in [0.25, 0.3) is 5.91 Å². The summed E-state index contributed by atoms with van der Waals surface area (Å²) >= 11 is 5.82. The quantitative estimate of drug-likeness (QED) is 0.817. The number of nitrogens with one attached hydrogen (secondary N) is 1. The highest BCUT2D eigenvalue weighted by atomic mass is 35.5. The van der Waals surface area contributed by atoms with Crippen LogP contribution in [0, 0.1) is 0 Å². The summed E-state index contributed by atoms with van der Waals surface area (Å²) in [5, 5.41) is 3.06. The smallest absolute Gasteiger partial charge is 0.338 e. The Morgan fingerprint density at radius 3 is 2.58 bits per heavy atom. The standard InChI is InChI=1S/C19H17ClN2O4/c20-14-4-1-3-13(11-14)19(25)26-12-17(23)21-15-6-8-16(9-7-15)22-10-2-5-18(22)24/h1,3-4,6-9,11H,2,5,10,12H2,(H,21,23). The van der Waals surface area contributed by atoms with Gasteiger partial charge in [0.1, 0.15) is 0 Å². The molecule has 2 aromatic carbocycles. The topological polar surface area (TPSA) is 75.7 Å². The predicted octanol–water partition coefficient (Wildman–Crippen LogP) is 3.26. The van der Waals surface area contributed by atoms with Gasteiger partial charge in [-0.25, -0.2) is 4.79 Å². The Morgan fingerprint density at radius 1 is 1.15 bits per heavy atom. The van der Waals surface area contributed by atoms with Gasteiger partial charge in [0, 0.05) is 29.4 Å². The number of anilines is 2. The fourth-order valence-electron chi connectivity index (χ4n) is 2.67. The van der Waals surface area contributed by atoms with Crippen LogP contribution in [0.15, 0.2) is 48.5 Å². The van der Waals surface area contributed by atoms with Crippen molar-refractivity contribution in [3.05, 3.63) is 59.1 Å². The van der Waals surface area contributed by atoms with Crippen LogP contribution in [0.3, 0.4) is 0 Å². The monoisotopic (exact) mass is 372 g/mol. The second-order valence-corrected chi connectivity index (χ2v) is 6.27. The van der Waals surface area contributed by atoms with Crippen LogP contribution in [0.2, 0.25) is 5.02 Å². The van der Waals surface area contributed by atoms with Crippen molar-refractivity contribution in [2.75, 3.05) is 23.4 Å². The second-order valence-electron chi connectivity index (χ2n) is 5.83. The number of amides is 2. The summed E-state index contributed by atoms with van der Waals surface area (Å²) in [6.45, 7) is 0.307. The molecular formula is C19H17ClN2O4. The molecule has 26 heavy (non-hydrogen) atoms. The van der Waals surface area contributed by atoms with Crippen LogP contribution in [0.4, 0.5) is 11.4 Å². The summed E-state index contributed by atoms with van der Waals surface area (Å²) in [6, 6.07) is 13.3. The summed E-state index contributed by atoms with van der Waals surface area (Å²) in [7, 11) is 0. The van der Waals surface area contributed by atoms with E-state index in [-0.39, 0.29) is 11.5 Å². The van der Waals surface area contributed by atoms with Crippen LogP contribution in [0.25, 0.3) is 0 Å². The van der Waals surface area contributed by atoms with Crippen LogP contribution >= 0.6 is 11.6 Å². The fraction of sp³-hybridized carbons (Fsp3) is 0.211. The first-order chi connectivity index (χ1) is 12.5. The van der Waals surface area contributed by atoms with E-state index in [0.29, 0.717) is 23.7 Å². The van der Waals surface area contributed by atoms with Crippen LogP contribution in [0.1, 0.15) is 23.2 Å². The molecular weight excluding hydrogens is 356 g/mol. The maximum Gasteiger partial charge on any atom is 0.338 e. The van der Waals surface area contributed by atoms with Crippen LogP contribution < -0.4 is 10.2 Å². The second kappa shape index (κ2) is 8.01. The van der Waals surface area contributed by atoms with E-state index in [0.717, 1.165) is 12.1 Å². The Bertz CT molecular complexity index is 836. The fourth-order valence-corrected chi connectivity index (χ4v) is 2.86. The Balaban J connectivity index is 1.51. The number of esters is 1. The third-order valence-corrected chi connectivity index (χ3v) is 4.17. The van der Waals surface area contributed by atoms with Gasteiger partial charge in [0.15, 0.2) is 6.61 Å². The number of ether oxygens (including phenoxy) is 1. The highest BCUT2D eigenvalue weighted by Gasteiger charge is 2.21. The number of carbonyl (C=O) groups excluding carboxylic acids is 3. The molecule has 1 aliphatic rings. The Morgan fingerprint density at radius 2 is 1.92 bits per heavy atom. The Labute approximate surface area is 155 Å². The largest absolute Gasteiger partial charge is 0.452 e. The van der Waals surface area contributed by atoms with E-state index >= 15 is 0 Å². The number of hydrogen-bond acceptors (Lipinski definition) is 4. The third kappa shape index (κ3) is 4.40.